The fourth-order valence-electron chi connectivity index (χ4n) is 3.02. The largest absolute Gasteiger partial charge is 0.316 e. The second kappa shape index (κ2) is 6.64. The quantitative estimate of drug-likeness (QED) is 0.764. The van der Waals surface area contributed by atoms with Crippen molar-refractivity contribution >= 4 is 33.9 Å². The summed E-state index contributed by atoms with van der Waals surface area (Å²) in [6, 6.07) is 12.0. The summed E-state index contributed by atoms with van der Waals surface area (Å²) < 4.78 is 0. The Hall–Kier alpha value is -2.73. The minimum Gasteiger partial charge on any atom is -0.316 e. The second-order valence-electron chi connectivity index (χ2n) is 5.87. The number of carbonyl (C=O) groups excluding carboxylic acids is 1. The van der Waals surface area contributed by atoms with Gasteiger partial charge in [-0.1, -0.05) is 19.1 Å². The Morgan fingerprint density at radius 2 is 2.24 bits per heavy atom. The van der Waals surface area contributed by atoms with Crippen molar-refractivity contribution in [2.24, 2.45) is 0 Å². The van der Waals surface area contributed by atoms with Crippen LogP contribution in [0.4, 0.5) is 16.6 Å². The first kappa shape index (κ1) is 15.8. The minimum absolute atomic E-state index is 0.182. The SMILES string of the molecule is CCC(=O)N1CCc2cc(-c3csc(Nc4ccccn4)n3)ccc21. The third kappa shape index (κ3) is 3.13. The van der Waals surface area contributed by atoms with Gasteiger partial charge in [0.05, 0.1) is 5.69 Å². The molecule has 0 aliphatic carbocycles. The number of carbonyl (C=O) groups is 1. The van der Waals surface area contributed by atoms with E-state index in [1.165, 1.54) is 5.56 Å². The van der Waals surface area contributed by atoms with Crippen LogP contribution in [-0.4, -0.2) is 22.4 Å². The number of fused-ring (bicyclic) bond motifs is 1. The Labute approximate surface area is 150 Å². The average molecular weight is 350 g/mol. The molecule has 0 atom stereocenters. The lowest BCUT2D eigenvalue weighted by molar-refractivity contribution is -0.118. The number of nitrogens with one attached hydrogen (secondary N) is 1. The first-order chi connectivity index (χ1) is 12.2. The maximum absolute atomic E-state index is 12.0. The second-order valence-corrected chi connectivity index (χ2v) is 6.73. The molecule has 3 heterocycles. The predicted octanol–water partition coefficient (Wildman–Crippen LogP) is 4.25. The van der Waals surface area contributed by atoms with Gasteiger partial charge in [-0.05, 0) is 36.2 Å². The predicted molar refractivity (Wildman–Crippen MR) is 101 cm³/mol. The number of nitrogens with zero attached hydrogens (tertiary/aromatic N) is 3. The van der Waals surface area contributed by atoms with Crippen LogP contribution in [0.5, 0.6) is 0 Å². The highest BCUT2D eigenvalue weighted by atomic mass is 32.1. The van der Waals surface area contributed by atoms with Crippen molar-refractivity contribution in [3.63, 3.8) is 0 Å². The summed E-state index contributed by atoms with van der Waals surface area (Å²) in [6.45, 7) is 2.68. The maximum atomic E-state index is 12.0. The van der Waals surface area contributed by atoms with E-state index in [1.54, 1.807) is 17.5 Å². The van der Waals surface area contributed by atoms with Gasteiger partial charge in [0.1, 0.15) is 5.82 Å². The first-order valence-corrected chi connectivity index (χ1v) is 9.20. The highest BCUT2D eigenvalue weighted by Crippen LogP contribution is 2.34. The monoisotopic (exact) mass is 350 g/mol. The van der Waals surface area contributed by atoms with Gasteiger partial charge in [-0.2, -0.15) is 0 Å². The van der Waals surface area contributed by atoms with Crippen molar-refractivity contribution in [2.45, 2.75) is 19.8 Å². The van der Waals surface area contributed by atoms with Crippen LogP contribution in [0.3, 0.4) is 0 Å². The fraction of sp³-hybridized carbons (Fsp3) is 0.211. The van der Waals surface area contributed by atoms with E-state index in [1.807, 2.05) is 47.5 Å². The summed E-state index contributed by atoms with van der Waals surface area (Å²) >= 11 is 1.55. The van der Waals surface area contributed by atoms with Crippen molar-refractivity contribution in [2.75, 3.05) is 16.8 Å². The molecule has 0 radical (unpaired) electrons. The molecule has 5 nitrogen and oxygen atoms in total. The lowest BCUT2D eigenvalue weighted by Gasteiger charge is -2.16. The number of anilines is 3. The zero-order valence-corrected chi connectivity index (χ0v) is 14.7. The number of hydrogen-bond donors (Lipinski definition) is 1. The number of aromatic nitrogens is 2. The molecule has 1 aromatic carbocycles. The Morgan fingerprint density at radius 3 is 3.04 bits per heavy atom. The number of hydrogen-bond acceptors (Lipinski definition) is 5. The van der Waals surface area contributed by atoms with E-state index in [4.69, 9.17) is 0 Å². The van der Waals surface area contributed by atoms with Gasteiger partial charge >= 0.3 is 0 Å². The molecule has 0 fully saturated rings. The molecule has 4 rings (SSSR count). The normalized spacial score (nSPS) is 12.9. The number of rotatable bonds is 4. The lowest BCUT2D eigenvalue weighted by atomic mass is 10.1. The summed E-state index contributed by atoms with van der Waals surface area (Å²) in [6.07, 6.45) is 3.19. The highest BCUT2D eigenvalue weighted by Gasteiger charge is 2.23. The lowest BCUT2D eigenvalue weighted by Crippen LogP contribution is -2.27. The fourth-order valence-corrected chi connectivity index (χ4v) is 3.75. The van der Waals surface area contributed by atoms with Gasteiger partial charge in [-0.15, -0.1) is 11.3 Å². The molecule has 1 aliphatic rings. The van der Waals surface area contributed by atoms with E-state index in [9.17, 15) is 4.79 Å². The number of amides is 1. The Balaban J connectivity index is 1.56. The number of pyridine rings is 1. The van der Waals surface area contributed by atoms with Crippen LogP contribution in [0, 0.1) is 0 Å². The van der Waals surface area contributed by atoms with Crippen molar-refractivity contribution in [1.82, 2.24) is 9.97 Å². The molecule has 126 valence electrons. The van der Waals surface area contributed by atoms with Gasteiger partial charge in [0.15, 0.2) is 5.13 Å². The molecule has 6 heteroatoms. The van der Waals surface area contributed by atoms with Gasteiger partial charge in [0.2, 0.25) is 5.91 Å². The Kier molecular flexibility index (Phi) is 4.19. The number of benzene rings is 1. The van der Waals surface area contributed by atoms with Gasteiger partial charge in [-0.3, -0.25) is 4.79 Å². The molecule has 0 saturated heterocycles. The molecule has 3 aromatic rings. The molecule has 0 unspecified atom stereocenters. The minimum atomic E-state index is 0.182. The standard InChI is InChI=1S/C19H18N4OS/c1-2-18(24)23-10-8-14-11-13(6-7-16(14)23)15-12-25-19(21-15)22-17-5-3-4-9-20-17/h3-7,9,11-12H,2,8,10H2,1H3,(H,20,21,22). The Bertz CT molecular complexity index is 907. The van der Waals surface area contributed by atoms with Gasteiger partial charge in [0.25, 0.3) is 0 Å². The molecule has 1 amide bonds. The molecule has 1 N–H and O–H groups in total. The topological polar surface area (TPSA) is 58.1 Å². The molecular weight excluding hydrogens is 332 g/mol. The van der Waals surface area contributed by atoms with E-state index >= 15 is 0 Å². The van der Waals surface area contributed by atoms with Crippen LogP contribution in [0.2, 0.25) is 0 Å². The van der Waals surface area contributed by atoms with Crippen LogP contribution < -0.4 is 10.2 Å². The van der Waals surface area contributed by atoms with Crippen molar-refractivity contribution in [1.29, 1.82) is 0 Å². The van der Waals surface area contributed by atoms with E-state index in [0.717, 1.165) is 40.9 Å². The number of thiazole rings is 1. The van der Waals surface area contributed by atoms with E-state index < -0.39 is 0 Å². The molecule has 0 spiro atoms. The summed E-state index contributed by atoms with van der Waals surface area (Å²) in [7, 11) is 0. The molecule has 0 saturated carbocycles. The van der Waals surface area contributed by atoms with E-state index in [0.29, 0.717) is 6.42 Å². The zero-order valence-electron chi connectivity index (χ0n) is 13.9. The Morgan fingerprint density at radius 1 is 1.32 bits per heavy atom. The third-order valence-electron chi connectivity index (χ3n) is 4.28. The first-order valence-electron chi connectivity index (χ1n) is 8.32. The van der Waals surface area contributed by atoms with Crippen molar-refractivity contribution < 1.29 is 4.79 Å². The average Bonchev–Trinajstić information content (AvgIpc) is 3.28. The summed E-state index contributed by atoms with van der Waals surface area (Å²) in [5.74, 6) is 0.966. The van der Waals surface area contributed by atoms with Crippen LogP contribution >= 0.6 is 11.3 Å². The smallest absolute Gasteiger partial charge is 0.226 e. The van der Waals surface area contributed by atoms with Crippen LogP contribution in [0.25, 0.3) is 11.3 Å². The van der Waals surface area contributed by atoms with Gasteiger partial charge in [-0.25, -0.2) is 9.97 Å². The van der Waals surface area contributed by atoms with E-state index in [2.05, 4.69) is 21.4 Å². The molecular formula is C19H18N4OS. The highest BCUT2D eigenvalue weighted by molar-refractivity contribution is 7.14. The summed E-state index contributed by atoms with van der Waals surface area (Å²) in [5.41, 5.74) is 4.27. The van der Waals surface area contributed by atoms with Crippen molar-refractivity contribution in [3.05, 3.63) is 53.5 Å². The third-order valence-corrected chi connectivity index (χ3v) is 5.04. The van der Waals surface area contributed by atoms with Gasteiger partial charge < -0.3 is 10.2 Å². The zero-order chi connectivity index (χ0) is 17.2. The summed E-state index contributed by atoms with van der Waals surface area (Å²) in [5, 5.41) is 6.07. The molecule has 25 heavy (non-hydrogen) atoms. The van der Waals surface area contributed by atoms with Crippen molar-refractivity contribution in [3.8, 4) is 11.3 Å². The van der Waals surface area contributed by atoms with E-state index in [-0.39, 0.29) is 5.91 Å². The van der Waals surface area contributed by atoms with Crippen LogP contribution in [0.15, 0.2) is 48.0 Å². The molecule has 0 bridgehead atoms. The summed E-state index contributed by atoms with van der Waals surface area (Å²) in [4.78, 5) is 22.8. The molecule has 1 aliphatic heterocycles. The maximum Gasteiger partial charge on any atom is 0.226 e. The van der Waals surface area contributed by atoms with Gasteiger partial charge in [0, 0.05) is 35.8 Å². The van der Waals surface area contributed by atoms with Crippen LogP contribution in [0.1, 0.15) is 18.9 Å². The van der Waals surface area contributed by atoms with Crippen LogP contribution in [-0.2, 0) is 11.2 Å². The molecule has 2 aromatic heterocycles.